The lowest BCUT2D eigenvalue weighted by molar-refractivity contribution is -0.127. The summed E-state index contributed by atoms with van der Waals surface area (Å²) in [4.78, 5) is 31.6. The Hall–Kier alpha value is -1.37. The maximum Gasteiger partial charge on any atom is 0.155 e. The third kappa shape index (κ3) is 2.24. The number of thiazole rings is 1. The molecule has 4 nitrogen and oxygen atoms in total. The van der Waals surface area contributed by atoms with Crippen molar-refractivity contribution in [2.45, 2.75) is 37.9 Å². The van der Waals surface area contributed by atoms with Gasteiger partial charge in [-0.15, -0.1) is 11.3 Å². The van der Waals surface area contributed by atoms with Crippen LogP contribution in [0.3, 0.4) is 0 Å². The SMILES string of the molecule is Cc1sc(-c2ccc(Br)cc2)nc1C1C(=O)[C@@H]2[C@H](C1=O)[C@@H]1CC[C@H]2O1. The standard InChI is InChI=1S/C19H16BrNO3S/c1-8-16(21-19(25-8)9-2-4-10(20)5-3-9)15-17(22)13-11-6-7-12(24-11)14(13)18(15)23/h2-5,11-15H,6-7H2,1H3/t11-,12+,13+,14-,15?. The zero-order chi connectivity index (χ0) is 17.3. The van der Waals surface area contributed by atoms with E-state index in [9.17, 15) is 9.59 Å². The Morgan fingerprint density at radius 3 is 2.28 bits per heavy atom. The van der Waals surface area contributed by atoms with Crippen LogP contribution in [0, 0.1) is 18.8 Å². The highest BCUT2D eigenvalue weighted by Gasteiger charge is 2.63. The minimum atomic E-state index is -0.692. The molecule has 0 amide bonds. The van der Waals surface area contributed by atoms with E-state index in [-0.39, 0.29) is 35.6 Å². The van der Waals surface area contributed by atoms with E-state index in [0.29, 0.717) is 5.69 Å². The van der Waals surface area contributed by atoms with Crippen molar-refractivity contribution in [1.82, 2.24) is 4.98 Å². The predicted molar refractivity (Wildman–Crippen MR) is 97.6 cm³/mol. The maximum absolute atomic E-state index is 13.0. The Labute approximate surface area is 157 Å². The summed E-state index contributed by atoms with van der Waals surface area (Å²) in [5.41, 5.74) is 1.66. The molecule has 3 aliphatic rings. The van der Waals surface area contributed by atoms with Gasteiger partial charge in [-0.05, 0) is 31.9 Å². The number of rotatable bonds is 2. The van der Waals surface area contributed by atoms with Gasteiger partial charge in [-0.3, -0.25) is 9.59 Å². The average Bonchev–Trinajstić information content (AvgIpc) is 3.33. The Kier molecular flexibility index (Phi) is 3.53. The van der Waals surface area contributed by atoms with Gasteiger partial charge in [0.25, 0.3) is 0 Å². The molecular weight excluding hydrogens is 402 g/mol. The van der Waals surface area contributed by atoms with Crippen molar-refractivity contribution >= 4 is 38.8 Å². The lowest BCUT2D eigenvalue weighted by Crippen LogP contribution is -2.29. The molecule has 6 heteroatoms. The number of aryl methyl sites for hydroxylation is 1. The molecule has 3 heterocycles. The molecule has 1 aromatic carbocycles. The van der Waals surface area contributed by atoms with E-state index >= 15 is 0 Å². The molecule has 0 radical (unpaired) electrons. The van der Waals surface area contributed by atoms with Gasteiger partial charge in [0, 0.05) is 14.9 Å². The Bertz CT molecular complexity index is 863. The molecule has 25 heavy (non-hydrogen) atoms. The molecule has 1 saturated carbocycles. The highest BCUT2D eigenvalue weighted by molar-refractivity contribution is 9.10. The second-order valence-electron chi connectivity index (χ2n) is 7.05. The smallest absolute Gasteiger partial charge is 0.155 e. The lowest BCUT2D eigenvalue weighted by Gasteiger charge is -2.16. The second kappa shape index (κ2) is 5.56. The second-order valence-corrected chi connectivity index (χ2v) is 9.17. The highest BCUT2D eigenvalue weighted by atomic mass is 79.9. The fourth-order valence-corrected chi connectivity index (χ4v) is 5.81. The van der Waals surface area contributed by atoms with E-state index in [4.69, 9.17) is 9.72 Å². The number of aromatic nitrogens is 1. The van der Waals surface area contributed by atoms with Crippen LogP contribution in [0.5, 0.6) is 0 Å². The van der Waals surface area contributed by atoms with Gasteiger partial charge < -0.3 is 4.74 Å². The van der Waals surface area contributed by atoms with E-state index in [0.717, 1.165) is 32.8 Å². The lowest BCUT2D eigenvalue weighted by atomic mass is 9.81. The number of fused-ring (bicyclic) bond motifs is 5. The van der Waals surface area contributed by atoms with Crippen LogP contribution < -0.4 is 0 Å². The zero-order valence-corrected chi connectivity index (χ0v) is 16.0. The molecule has 128 valence electrons. The van der Waals surface area contributed by atoms with Crippen molar-refractivity contribution in [2.75, 3.05) is 0 Å². The quantitative estimate of drug-likeness (QED) is 0.694. The number of Topliss-reactive ketones (excluding diaryl/α,β-unsaturated/α-hetero) is 2. The van der Waals surface area contributed by atoms with Crippen molar-refractivity contribution in [3.63, 3.8) is 0 Å². The predicted octanol–water partition coefficient (Wildman–Crippen LogP) is 3.91. The number of ketones is 2. The first-order chi connectivity index (χ1) is 12.0. The van der Waals surface area contributed by atoms with E-state index in [2.05, 4.69) is 15.9 Å². The molecule has 3 fully saturated rings. The summed E-state index contributed by atoms with van der Waals surface area (Å²) in [6, 6.07) is 7.93. The fourth-order valence-electron chi connectivity index (χ4n) is 4.59. The minimum Gasteiger partial charge on any atom is -0.373 e. The monoisotopic (exact) mass is 417 g/mol. The summed E-state index contributed by atoms with van der Waals surface area (Å²) in [6.45, 7) is 1.95. The van der Waals surface area contributed by atoms with E-state index in [1.807, 2.05) is 31.2 Å². The van der Waals surface area contributed by atoms with Gasteiger partial charge in [-0.25, -0.2) is 4.98 Å². The molecule has 0 spiro atoms. The Morgan fingerprint density at radius 2 is 1.68 bits per heavy atom. The van der Waals surface area contributed by atoms with Crippen LogP contribution in [-0.2, 0) is 14.3 Å². The van der Waals surface area contributed by atoms with Crippen LogP contribution in [0.4, 0.5) is 0 Å². The van der Waals surface area contributed by atoms with Gasteiger partial charge in [0.05, 0.1) is 29.7 Å². The molecule has 2 aliphatic heterocycles. The normalized spacial score (nSPS) is 33.3. The Morgan fingerprint density at radius 1 is 1.08 bits per heavy atom. The molecule has 2 bridgehead atoms. The van der Waals surface area contributed by atoms with E-state index < -0.39 is 5.92 Å². The third-order valence-electron chi connectivity index (χ3n) is 5.70. The van der Waals surface area contributed by atoms with Crippen molar-refractivity contribution in [2.24, 2.45) is 11.8 Å². The first kappa shape index (κ1) is 15.9. The molecule has 0 N–H and O–H groups in total. The summed E-state index contributed by atoms with van der Waals surface area (Å²) in [6.07, 6.45) is 1.69. The van der Waals surface area contributed by atoms with Crippen LogP contribution in [0.1, 0.15) is 29.3 Å². The number of nitrogens with zero attached hydrogens (tertiary/aromatic N) is 1. The highest BCUT2D eigenvalue weighted by Crippen LogP contribution is 2.52. The first-order valence-corrected chi connectivity index (χ1v) is 10.1. The summed E-state index contributed by atoms with van der Waals surface area (Å²) < 4.78 is 6.82. The summed E-state index contributed by atoms with van der Waals surface area (Å²) in [5, 5.41) is 0.858. The molecule has 1 aliphatic carbocycles. The summed E-state index contributed by atoms with van der Waals surface area (Å²) >= 11 is 4.98. The third-order valence-corrected chi connectivity index (χ3v) is 7.26. The molecule has 5 rings (SSSR count). The topological polar surface area (TPSA) is 56.3 Å². The van der Waals surface area contributed by atoms with Crippen molar-refractivity contribution in [3.8, 4) is 10.6 Å². The number of ether oxygens (including phenoxy) is 1. The van der Waals surface area contributed by atoms with Gasteiger partial charge in [0.15, 0.2) is 11.6 Å². The maximum atomic E-state index is 13.0. The number of benzene rings is 1. The number of carbonyl (C=O) groups excluding carboxylic acids is 2. The molecule has 2 saturated heterocycles. The zero-order valence-electron chi connectivity index (χ0n) is 13.6. The van der Waals surface area contributed by atoms with Gasteiger partial charge >= 0.3 is 0 Å². The average molecular weight is 418 g/mol. The molecule has 1 unspecified atom stereocenters. The number of hydrogen-bond acceptors (Lipinski definition) is 5. The molecular formula is C19H16BrNO3S. The fraction of sp³-hybridized carbons (Fsp3) is 0.421. The Balaban J connectivity index is 1.53. The minimum absolute atomic E-state index is 0.0259. The number of carbonyl (C=O) groups is 2. The number of halogens is 1. The largest absolute Gasteiger partial charge is 0.373 e. The van der Waals surface area contributed by atoms with Gasteiger partial charge in [-0.1, -0.05) is 28.1 Å². The first-order valence-electron chi connectivity index (χ1n) is 8.51. The van der Waals surface area contributed by atoms with E-state index in [1.165, 1.54) is 0 Å². The van der Waals surface area contributed by atoms with Crippen LogP contribution in [0.2, 0.25) is 0 Å². The van der Waals surface area contributed by atoms with Crippen molar-refractivity contribution in [1.29, 1.82) is 0 Å². The van der Waals surface area contributed by atoms with Crippen LogP contribution >= 0.6 is 27.3 Å². The van der Waals surface area contributed by atoms with Gasteiger partial charge in [0.1, 0.15) is 10.9 Å². The van der Waals surface area contributed by atoms with Gasteiger partial charge in [-0.2, -0.15) is 0 Å². The molecule has 2 aromatic rings. The molecule has 5 atom stereocenters. The van der Waals surface area contributed by atoms with Crippen molar-refractivity contribution in [3.05, 3.63) is 39.3 Å². The molecule has 1 aromatic heterocycles. The van der Waals surface area contributed by atoms with Crippen LogP contribution in [-0.4, -0.2) is 28.8 Å². The number of hydrogen-bond donors (Lipinski definition) is 0. The van der Waals surface area contributed by atoms with Gasteiger partial charge in [0.2, 0.25) is 0 Å². The summed E-state index contributed by atoms with van der Waals surface area (Å²) in [5.74, 6) is -1.12. The summed E-state index contributed by atoms with van der Waals surface area (Å²) in [7, 11) is 0. The van der Waals surface area contributed by atoms with Crippen molar-refractivity contribution < 1.29 is 14.3 Å². The van der Waals surface area contributed by atoms with Crippen LogP contribution in [0.15, 0.2) is 28.7 Å². The van der Waals surface area contributed by atoms with Crippen LogP contribution in [0.25, 0.3) is 10.6 Å². The van der Waals surface area contributed by atoms with E-state index in [1.54, 1.807) is 11.3 Å².